The molecule has 0 aromatic carbocycles. The van der Waals surface area contributed by atoms with Crippen molar-refractivity contribution in [2.45, 2.75) is 116 Å². The Balaban J connectivity index is 0.000000198. The van der Waals surface area contributed by atoms with Crippen LogP contribution < -0.4 is 15.3 Å². The normalized spacial score (nSPS) is 16.7. The van der Waals surface area contributed by atoms with E-state index in [2.05, 4.69) is 109 Å². The number of hydrogen-bond acceptors (Lipinski definition) is 13. The van der Waals surface area contributed by atoms with E-state index in [9.17, 15) is 26.3 Å². The first-order valence-corrected chi connectivity index (χ1v) is 36.3. The second-order valence-corrected chi connectivity index (χ2v) is 35.7. The Morgan fingerprint density at radius 1 is 0.625 bits per heavy atom. The van der Waals surface area contributed by atoms with Crippen LogP contribution in [0.15, 0.2) is 61.2 Å². The lowest BCUT2D eigenvalue weighted by Crippen LogP contribution is -2.41. The molecule has 0 aliphatic carbocycles. The van der Waals surface area contributed by atoms with E-state index >= 15 is 0 Å². The van der Waals surface area contributed by atoms with Crippen molar-refractivity contribution < 1.29 is 54.6 Å². The highest BCUT2D eigenvalue weighted by Gasteiger charge is 2.52. The van der Waals surface area contributed by atoms with Crippen LogP contribution in [0.5, 0.6) is 0 Å². The van der Waals surface area contributed by atoms with Gasteiger partial charge in [-0.05, 0) is 99.0 Å². The van der Waals surface area contributed by atoms with E-state index in [4.69, 9.17) is 51.5 Å². The predicted molar refractivity (Wildman–Crippen MR) is 325 cm³/mol. The number of fused-ring (bicyclic) bond motifs is 2. The van der Waals surface area contributed by atoms with Crippen LogP contribution >= 0.6 is 58.4 Å². The maximum atomic E-state index is 13.4. The summed E-state index contributed by atoms with van der Waals surface area (Å²) in [5.41, 5.74) is 0.599. The van der Waals surface area contributed by atoms with Crippen LogP contribution in [0.2, 0.25) is 61.4 Å². The van der Waals surface area contributed by atoms with Crippen molar-refractivity contribution in [1.29, 1.82) is 0 Å². The van der Waals surface area contributed by atoms with Crippen molar-refractivity contribution in [2.75, 3.05) is 81.9 Å². The molecule has 3 fully saturated rings. The second-order valence-electron chi connectivity index (χ2n) is 22.6. The number of morpholine rings is 2. The maximum Gasteiger partial charge on any atom is 0.496 e. The standard InChI is InChI=1S/C23H28ClF3N4O2Si.C15H23BN2O3.C14H17ClF3IN2OSi.CH4S/c1-34(2,3)11-10-33-15-31-19(12-17-21(24)18(23(25,26)27)14-29-22(17)31)16-4-5-20(28-13-16)30-6-8-32-9-7-30;1-14(2)15(3,4)21-16(20-14)12-5-6-13(17-11-12)18-7-9-19-10-8-18;1-23(2,3)5-4-22-8-21-11(19)6-9-12(15)10(14(16,17)18)7-20-13(9)21;1-2/h4-5,12-14H,6-11,15H2,1-3H3;5-6,11H,7-10H2,1-4H3;6-7H,4-5,8H2,1-3H3;2H,1H3. The number of thiol groups is 1. The average molecular weight is 1330 g/mol. The van der Waals surface area contributed by atoms with Gasteiger partial charge in [-0.15, -0.1) is 0 Å². The molecule has 0 atom stereocenters. The minimum absolute atomic E-state index is 0.156. The van der Waals surface area contributed by atoms with Crippen LogP contribution in [0.4, 0.5) is 38.0 Å². The fraction of sp³-hybridized carbons (Fsp3) is 0.547. The number of rotatable bonds is 14. The molecule has 0 N–H and O–H groups in total. The largest absolute Gasteiger partial charge is 0.496 e. The Kier molecular flexibility index (Phi) is 22.8. The fourth-order valence-corrected chi connectivity index (χ4v) is 11.1. The van der Waals surface area contributed by atoms with Gasteiger partial charge in [-0.25, -0.2) is 19.9 Å². The highest BCUT2D eigenvalue weighted by molar-refractivity contribution is 14.1. The quantitative estimate of drug-likeness (QED) is 0.0367. The lowest BCUT2D eigenvalue weighted by molar-refractivity contribution is -0.138. The predicted octanol–water partition coefficient (Wildman–Crippen LogP) is 13.3. The Hall–Kier alpha value is -3.22. The van der Waals surface area contributed by atoms with Crippen molar-refractivity contribution in [3.05, 3.63) is 86.1 Å². The van der Waals surface area contributed by atoms with Crippen LogP contribution in [-0.2, 0) is 54.1 Å². The van der Waals surface area contributed by atoms with Gasteiger partial charge in [-0.2, -0.15) is 39.0 Å². The monoisotopic (exact) mass is 1330 g/mol. The van der Waals surface area contributed by atoms with Gasteiger partial charge in [0.15, 0.2) is 0 Å². The Morgan fingerprint density at radius 3 is 1.46 bits per heavy atom. The average Bonchev–Trinajstić information content (AvgIpc) is 4.05. The molecular weight excluding hydrogens is 1260 g/mol. The first kappa shape index (κ1) is 65.9. The molecule has 14 nitrogen and oxygen atoms in total. The van der Waals surface area contributed by atoms with Gasteiger partial charge in [-0.1, -0.05) is 68.6 Å². The molecule has 0 spiro atoms. The summed E-state index contributed by atoms with van der Waals surface area (Å²) in [7, 11) is -2.82. The Labute approximate surface area is 496 Å². The van der Waals surface area contributed by atoms with Crippen LogP contribution in [0.1, 0.15) is 38.8 Å². The van der Waals surface area contributed by atoms with E-state index in [1.807, 2.05) is 53.1 Å². The van der Waals surface area contributed by atoms with Crippen LogP contribution in [-0.4, -0.2) is 136 Å². The van der Waals surface area contributed by atoms with Crippen molar-refractivity contribution in [3.63, 3.8) is 0 Å². The van der Waals surface area contributed by atoms with E-state index in [0.717, 1.165) is 90.2 Å². The lowest BCUT2D eigenvalue weighted by Gasteiger charge is -2.32. The van der Waals surface area contributed by atoms with Gasteiger partial charge in [0.1, 0.15) is 36.4 Å². The van der Waals surface area contributed by atoms with E-state index in [1.54, 1.807) is 33.7 Å². The topological polar surface area (TPSA) is 123 Å². The molecule has 80 heavy (non-hydrogen) atoms. The summed E-state index contributed by atoms with van der Waals surface area (Å²) < 4.78 is 118. The van der Waals surface area contributed by atoms with Gasteiger partial charge in [0, 0.05) is 102 Å². The summed E-state index contributed by atoms with van der Waals surface area (Å²) >= 11 is 17.7. The number of halogens is 9. The van der Waals surface area contributed by atoms with E-state index in [0.29, 0.717) is 48.8 Å². The SMILES string of the molecule is CC1(C)OB(c2ccc(N3CCOCC3)nc2)OC1(C)C.CS.C[Si](C)(C)CCOCn1c(-c2ccc(N3CCOCC3)nc2)cc2c(Cl)c(C(F)(F)F)cnc21.C[Si](C)(C)CCOCn1c(I)cc2c(Cl)c(C(F)(F)F)cnc21. The molecule has 0 amide bonds. The third-order valence-corrected chi connectivity index (χ3v) is 18.8. The maximum absolute atomic E-state index is 13.4. The number of hydrogen-bond donors (Lipinski definition) is 1. The molecule has 0 radical (unpaired) electrons. The van der Waals surface area contributed by atoms with Crippen molar-refractivity contribution in [3.8, 4) is 11.3 Å². The Morgan fingerprint density at radius 2 is 1.05 bits per heavy atom. The van der Waals surface area contributed by atoms with Gasteiger partial charge in [0.05, 0.1) is 68.2 Å². The van der Waals surface area contributed by atoms with E-state index in [-0.39, 0.29) is 47.2 Å². The minimum atomic E-state index is -4.59. The Bertz CT molecular complexity index is 2960. The molecular formula is C53H72BCl2F6IN8O6SSi2. The summed E-state index contributed by atoms with van der Waals surface area (Å²) in [6, 6.07) is 13.1. The zero-order valence-corrected chi connectivity index (χ0v) is 53.7. The van der Waals surface area contributed by atoms with Crippen molar-refractivity contribution in [2.24, 2.45) is 0 Å². The van der Waals surface area contributed by atoms with Gasteiger partial charge in [0.2, 0.25) is 0 Å². The van der Waals surface area contributed by atoms with Gasteiger partial charge >= 0.3 is 19.5 Å². The molecule has 3 aliphatic rings. The molecule has 6 aromatic heterocycles. The van der Waals surface area contributed by atoms with E-state index < -0.39 is 39.6 Å². The number of anilines is 2. The third kappa shape index (κ3) is 17.2. The third-order valence-electron chi connectivity index (χ3n) is 13.7. The highest BCUT2D eigenvalue weighted by atomic mass is 127. The molecule has 3 aliphatic heterocycles. The summed E-state index contributed by atoms with van der Waals surface area (Å²) in [6.07, 6.45) is -2.27. The summed E-state index contributed by atoms with van der Waals surface area (Å²) in [4.78, 5) is 21.6. The minimum Gasteiger partial charge on any atom is -0.399 e. The summed E-state index contributed by atoms with van der Waals surface area (Å²) in [5.74, 6) is 1.81. The highest BCUT2D eigenvalue weighted by Crippen LogP contribution is 2.42. The number of aromatic nitrogens is 6. The number of pyridine rings is 4. The van der Waals surface area contributed by atoms with Gasteiger partial charge in [-0.3, -0.25) is 4.57 Å². The number of ether oxygens (including phenoxy) is 4. The molecule has 0 unspecified atom stereocenters. The number of alkyl halides is 6. The van der Waals surface area contributed by atoms with Crippen LogP contribution in [0.3, 0.4) is 0 Å². The van der Waals surface area contributed by atoms with Crippen LogP contribution in [0.25, 0.3) is 33.3 Å². The second kappa shape index (κ2) is 27.7. The number of nitrogens with zero attached hydrogens (tertiary/aromatic N) is 8. The summed E-state index contributed by atoms with van der Waals surface area (Å²) in [5, 5.41) is -0.156. The first-order valence-electron chi connectivity index (χ1n) is 26.1. The fourth-order valence-electron chi connectivity index (χ4n) is 8.27. The lowest BCUT2D eigenvalue weighted by atomic mass is 9.80. The van der Waals surface area contributed by atoms with Crippen molar-refractivity contribution >= 4 is 121 Å². The molecule has 3 saturated heterocycles. The molecule has 0 bridgehead atoms. The van der Waals surface area contributed by atoms with E-state index in [1.165, 1.54) is 0 Å². The molecule has 0 saturated carbocycles. The first-order chi connectivity index (χ1) is 37.4. The smallest absolute Gasteiger partial charge is 0.399 e. The molecule has 440 valence electrons. The molecule has 9 heterocycles. The molecule has 6 aromatic rings. The summed E-state index contributed by atoms with van der Waals surface area (Å²) in [6.45, 7) is 29.5. The zero-order valence-electron chi connectivity index (χ0n) is 47.1. The molecule has 9 rings (SSSR count). The van der Waals surface area contributed by atoms with Crippen LogP contribution in [0, 0.1) is 3.70 Å². The van der Waals surface area contributed by atoms with Gasteiger partial charge < -0.3 is 42.6 Å². The zero-order chi connectivity index (χ0) is 59.0. The molecule has 27 heteroatoms. The van der Waals surface area contributed by atoms with Crippen molar-refractivity contribution in [1.82, 2.24) is 29.1 Å². The van der Waals surface area contributed by atoms with Gasteiger partial charge in [0.25, 0.3) is 0 Å².